The van der Waals surface area contributed by atoms with Gasteiger partial charge >= 0.3 is 0 Å². The highest BCUT2D eigenvalue weighted by atomic mass is 32.1. The van der Waals surface area contributed by atoms with Gasteiger partial charge in [-0.2, -0.15) is 5.10 Å². The van der Waals surface area contributed by atoms with Gasteiger partial charge in [0.15, 0.2) is 0 Å². The van der Waals surface area contributed by atoms with Gasteiger partial charge in [-0.15, -0.1) is 11.3 Å². The maximum Gasteiger partial charge on any atom is 0.255 e. The van der Waals surface area contributed by atoms with Crippen molar-refractivity contribution in [2.45, 2.75) is 25.3 Å². The van der Waals surface area contributed by atoms with E-state index in [9.17, 15) is 4.79 Å². The van der Waals surface area contributed by atoms with Crippen LogP contribution in [0.1, 0.15) is 41.5 Å². The molecule has 3 heterocycles. The predicted octanol–water partition coefficient (Wildman–Crippen LogP) is 3.39. The minimum Gasteiger partial charge on any atom is -0.328 e. The van der Waals surface area contributed by atoms with Crippen molar-refractivity contribution in [1.29, 1.82) is 0 Å². The lowest BCUT2D eigenvalue weighted by Gasteiger charge is -2.34. The summed E-state index contributed by atoms with van der Waals surface area (Å²) in [6.45, 7) is 0.772. The molecule has 4 rings (SSSR count). The Hall–Kier alpha value is -2.21. The SMILES string of the molecule is O=C(c1csc2ccccc12)N1CCCCC1c1ncn[nH]1. The zero-order valence-corrected chi connectivity index (χ0v) is 12.8. The first-order chi connectivity index (χ1) is 10.8. The number of hydrogen-bond donors (Lipinski definition) is 1. The molecule has 1 aliphatic rings. The molecule has 0 radical (unpaired) electrons. The molecule has 0 saturated carbocycles. The van der Waals surface area contributed by atoms with Crippen molar-refractivity contribution < 1.29 is 4.79 Å². The normalized spacial score (nSPS) is 18.7. The van der Waals surface area contributed by atoms with Crippen LogP contribution in [0.5, 0.6) is 0 Å². The van der Waals surface area contributed by atoms with E-state index in [0.29, 0.717) is 0 Å². The van der Waals surface area contributed by atoms with E-state index in [2.05, 4.69) is 21.2 Å². The van der Waals surface area contributed by atoms with Crippen molar-refractivity contribution in [2.24, 2.45) is 0 Å². The predicted molar refractivity (Wildman–Crippen MR) is 85.8 cm³/mol. The van der Waals surface area contributed by atoms with Crippen molar-refractivity contribution in [3.63, 3.8) is 0 Å². The van der Waals surface area contributed by atoms with Crippen LogP contribution in [0.25, 0.3) is 10.1 Å². The number of likely N-dealkylation sites (tertiary alicyclic amines) is 1. The average molecular weight is 312 g/mol. The van der Waals surface area contributed by atoms with Crippen LogP contribution in [0, 0.1) is 0 Å². The molecule has 1 aromatic carbocycles. The lowest BCUT2D eigenvalue weighted by atomic mass is 10.00. The summed E-state index contributed by atoms with van der Waals surface area (Å²) < 4.78 is 1.15. The first-order valence-electron chi connectivity index (χ1n) is 7.47. The molecule has 6 heteroatoms. The van der Waals surface area contributed by atoms with Crippen molar-refractivity contribution in [3.05, 3.63) is 47.4 Å². The van der Waals surface area contributed by atoms with Crippen LogP contribution < -0.4 is 0 Å². The topological polar surface area (TPSA) is 61.9 Å². The molecule has 3 aromatic rings. The standard InChI is InChI=1S/C16H16N4OS/c21-16(12-9-22-14-7-2-1-5-11(12)14)20-8-4-3-6-13(20)15-17-10-18-19-15/h1-2,5,7,9-10,13H,3-4,6,8H2,(H,17,18,19). The average Bonchev–Trinajstić information content (AvgIpc) is 3.24. The first kappa shape index (κ1) is 13.5. The highest BCUT2D eigenvalue weighted by Crippen LogP contribution is 2.33. The third kappa shape index (κ3) is 2.20. The second-order valence-electron chi connectivity index (χ2n) is 5.53. The van der Waals surface area contributed by atoms with E-state index in [1.54, 1.807) is 11.3 Å². The van der Waals surface area contributed by atoms with Crippen molar-refractivity contribution in [1.82, 2.24) is 20.1 Å². The Balaban J connectivity index is 1.71. The molecular weight excluding hydrogens is 296 g/mol. The fourth-order valence-corrected chi connectivity index (χ4v) is 4.07. The summed E-state index contributed by atoms with van der Waals surface area (Å²) in [7, 11) is 0. The molecular formula is C16H16N4OS. The van der Waals surface area contributed by atoms with Crippen LogP contribution in [0.2, 0.25) is 0 Å². The smallest absolute Gasteiger partial charge is 0.255 e. The number of thiophene rings is 1. The van der Waals surface area contributed by atoms with E-state index in [4.69, 9.17) is 0 Å². The molecule has 112 valence electrons. The summed E-state index contributed by atoms with van der Waals surface area (Å²) in [4.78, 5) is 19.3. The van der Waals surface area contributed by atoms with E-state index < -0.39 is 0 Å². The Morgan fingerprint density at radius 2 is 2.23 bits per heavy atom. The summed E-state index contributed by atoms with van der Waals surface area (Å²) in [5, 5.41) is 9.87. The van der Waals surface area contributed by atoms with Crippen LogP contribution >= 0.6 is 11.3 Å². The van der Waals surface area contributed by atoms with Gasteiger partial charge in [0.1, 0.15) is 12.2 Å². The number of piperidine rings is 1. The largest absolute Gasteiger partial charge is 0.328 e. The number of rotatable bonds is 2. The second-order valence-corrected chi connectivity index (χ2v) is 6.44. The Kier molecular flexibility index (Phi) is 3.38. The molecule has 0 spiro atoms. The van der Waals surface area contributed by atoms with E-state index in [0.717, 1.165) is 47.3 Å². The Morgan fingerprint density at radius 3 is 3.09 bits per heavy atom. The van der Waals surface area contributed by atoms with Crippen LogP contribution in [-0.4, -0.2) is 32.5 Å². The van der Waals surface area contributed by atoms with Crippen LogP contribution in [0.3, 0.4) is 0 Å². The fourth-order valence-electron chi connectivity index (χ4n) is 3.13. The molecule has 5 nitrogen and oxygen atoms in total. The minimum atomic E-state index is 0.00223. The molecule has 1 unspecified atom stereocenters. The number of fused-ring (bicyclic) bond motifs is 1. The van der Waals surface area contributed by atoms with Crippen molar-refractivity contribution in [3.8, 4) is 0 Å². The van der Waals surface area contributed by atoms with Gasteiger partial charge in [0.25, 0.3) is 5.91 Å². The second kappa shape index (κ2) is 5.53. The molecule has 22 heavy (non-hydrogen) atoms. The lowest BCUT2D eigenvalue weighted by molar-refractivity contribution is 0.0603. The third-order valence-electron chi connectivity index (χ3n) is 4.22. The summed E-state index contributed by atoms with van der Waals surface area (Å²) in [5.41, 5.74) is 0.798. The molecule has 1 saturated heterocycles. The van der Waals surface area contributed by atoms with Gasteiger partial charge in [-0.05, 0) is 25.3 Å². The molecule has 1 atom stereocenters. The minimum absolute atomic E-state index is 0.00223. The lowest BCUT2D eigenvalue weighted by Crippen LogP contribution is -2.38. The van der Waals surface area contributed by atoms with Crippen LogP contribution in [0.15, 0.2) is 36.0 Å². The maximum absolute atomic E-state index is 13.1. The Morgan fingerprint density at radius 1 is 1.32 bits per heavy atom. The number of benzene rings is 1. The van der Waals surface area contributed by atoms with Gasteiger partial charge in [0, 0.05) is 22.0 Å². The van der Waals surface area contributed by atoms with E-state index in [-0.39, 0.29) is 11.9 Å². The fraction of sp³-hybridized carbons (Fsp3) is 0.312. The number of nitrogens with zero attached hydrogens (tertiary/aromatic N) is 3. The number of carbonyl (C=O) groups is 1. The summed E-state index contributed by atoms with van der Waals surface area (Å²) >= 11 is 1.62. The molecule has 2 aromatic heterocycles. The summed E-state index contributed by atoms with van der Waals surface area (Å²) in [6.07, 6.45) is 4.59. The number of amides is 1. The molecule has 0 aliphatic carbocycles. The zero-order valence-electron chi connectivity index (χ0n) is 12.0. The summed E-state index contributed by atoms with van der Waals surface area (Å²) in [5.74, 6) is 0.881. The molecule has 1 N–H and O–H groups in total. The van der Waals surface area contributed by atoms with Gasteiger partial charge in [0.05, 0.1) is 11.6 Å². The van der Waals surface area contributed by atoms with Gasteiger partial charge in [-0.1, -0.05) is 18.2 Å². The van der Waals surface area contributed by atoms with Gasteiger partial charge in [-0.25, -0.2) is 4.98 Å². The van der Waals surface area contributed by atoms with Crippen LogP contribution in [-0.2, 0) is 0 Å². The molecule has 1 fully saturated rings. The van der Waals surface area contributed by atoms with E-state index in [1.165, 1.54) is 6.33 Å². The summed E-state index contributed by atoms with van der Waals surface area (Å²) in [6, 6.07) is 8.07. The number of H-pyrrole nitrogens is 1. The monoisotopic (exact) mass is 312 g/mol. The van der Waals surface area contributed by atoms with Gasteiger partial charge in [0.2, 0.25) is 0 Å². The van der Waals surface area contributed by atoms with Gasteiger partial charge < -0.3 is 4.90 Å². The quantitative estimate of drug-likeness (QED) is 0.789. The van der Waals surface area contributed by atoms with Gasteiger partial charge in [-0.3, -0.25) is 9.89 Å². The molecule has 0 bridgehead atoms. The molecule has 1 amide bonds. The number of aromatic nitrogens is 3. The number of hydrogen-bond acceptors (Lipinski definition) is 4. The van der Waals surface area contributed by atoms with E-state index >= 15 is 0 Å². The number of carbonyl (C=O) groups excluding carboxylic acids is 1. The zero-order chi connectivity index (χ0) is 14.9. The van der Waals surface area contributed by atoms with Crippen molar-refractivity contribution >= 4 is 27.3 Å². The third-order valence-corrected chi connectivity index (χ3v) is 5.19. The highest BCUT2D eigenvalue weighted by Gasteiger charge is 2.31. The number of aromatic amines is 1. The van der Waals surface area contributed by atoms with E-state index in [1.807, 2.05) is 28.5 Å². The Bertz CT molecular complexity index is 795. The number of nitrogens with one attached hydrogen (secondary N) is 1. The first-order valence-corrected chi connectivity index (χ1v) is 8.35. The Labute approximate surface area is 132 Å². The van der Waals surface area contributed by atoms with Crippen molar-refractivity contribution in [2.75, 3.05) is 6.54 Å². The van der Waals surface area contributed by atoms with Crippen LogP contribution in [0.4, 0.5) is 0 Å². The maximum atomic E-state index is 13.1. The highest BCUT2D eigenvalue weighted by molar-refractivity contribution is 7.17. The molecule has 1 aliphatic heterocycles.